The number of ether oxygens (including phenoxy) is 1. The number of benzene rings is 2. The number of nitrogens with one attached hydrogen (secondary N) is 1. The molecule has 1 aliphatic heterocycles. The molecule has 0 saturated carbocycles. The Hall–Kier alpha value is -2.70. The maximum Gasteiger partial charge on any atom is 0.251 e. The van der Waals surface area contributed by atoms with Crippen molar-refractivity contribution in [1.29, 1.82) is 0 Å². The molecule has 2 aromatic rings. The third-order valence-electron chi connectivity index (χ3n) is 5.10. The van der Waals surface area contributed by atoms with E-state index in [0.29, 0.717) is 28.0 Å². The summed E-state index contributed by atoms with van der Waals surface area (Å²) in [6, 6.07) is 9.32. The van der Waals surface area contributed by atoms with E-state index in [1.54, 1.807) is 50.2 Å². The predicted molar refractivity (Wildman–Crippen MR) is 104 cm³/mol. The number of carbonyl (C=O) groups is 2. The number of hydrogen-bond donors (Lipinski definition) is 3. The van der Waals surface area contributed by atoms with Crippen LogP contribution in [0.1, 0.15) is 64.2 Å². The second-order valence-electron chi connectivity index (χ2n) is 7.73. The third-order valence-corrected chi connectivity index (χ3v) is 5.10. The van der Waals surface area contributed by atoms with Crippen LogP contribution in [0.4, 0.5) is 0 Å². The van der Waals surface area contributed by atoms with Gasteiger partial charge in [0.1, 0.15) is 17.5 Å². The van der Waals surface area contributed by atoms with Gasteiger partial charge in [-0.2, -0.15) is 0 Å². The number of hydrogen-bond acceptors (Lipinski definition) is 5. The van der Waals surface area contributed by atoms with Crippen molar-refractivity contribution in [3.8, 4) is 5.75 Å². The molecule has 0 saturated heterocycles. The van der Waals surface area contributed by atoms with E-state index in [-0.39, 0.29) is 18.3 Å². The highest BCUT2D eigenvalue weighted by Gasteiger charge is 2.44. The summed E-state index contributed by atoms with van der Waals surface area (Å²) in [7, 11) is 0. The SMILES string of the molecule is CC(=O)c1cc(C)c2c(c1)[C@H](NC(=O)c1cccc(CO)c1)[C@@H](O)C(C)(C)O2. The Bertz CT molecular complexity index is 935. The molecule has 0 radical (unpaired) electrons. The summed E-state index contributed by atoms with van der Waals surface area (Å²) in [6.45, 7) is 6.65. The first-order chi connectivity index (χ1) is 13.1. The van der Waals surface area contributed by atoms with Crippen molar-refractivity contribution in [1.82, 2.24) is 5.32 Å². The molecule has 148 valence electrons. The van der Waals surface area contributed by atoms with Gasteiger partial charge in [-0.3, -0.25) is 9.59 Å². The Morgan fingerprint density at radius 1 is 1.18 bits per heavy atom. The lowest BCUT2D eigenvalue weighted by Crippen LogP contribution is -2.53. The number of aryl methyl sites for hydroxylation is 1. The Balaban J connectivity index is 2.04. The summed E-state index contributed by atoms with van der Waals surface area (Å²) < 4.78 is 6.01. The fraction of sp³-hybridized carbons (Fsp3) is 0.364. The number of fused-ring (bicyclic) bond motifs is 1. The molecule has 28 heavy (non-hydrogen) atoms. The smallest absolute Gasteiger partial charge is 0.251 e. The number of Topliss-reactive ketones (excluding diaryl/α,β-unsaturated/α-hetero) is 1. The number of ketones is 1. The van der Waals surface area contributed by atoms with Gasteiger partial charge in [-0.1, -0.05) is 12.1 Å². The maximum absolute atomic E-state index is 12.8. The molecule has 0 spiro atoms. The largest absolute Gasteiger partial charge is 0.484 e. The molecule has 0 aliphatic carbocycles. The molecule has 3 N–H and O–H groups in total. The summed E-state index contributed by atoms with van der Waals surface area (Å²) in [5.74, 6) is 0.0783. The van der Waals surface area contributed by atoms with Crippen molar-refractivity contribution in [2.45, 2.75) is 52.0 Å². The molecule has 6 heteroatoms. The minimum absolute atomic E-state index is 0.106. The Labute approximate surface area is 164 Å². The fourth-order valence-corrected chi connectivity index (χ4v) is 3.46. The lowest BCUT2D eigenvalue weighted by molar-refractivity contribution is -0.0631. The van der Waals surface area contributed by atoms with Gasteiger partial charge in [0.25, 0.3) is 5.91 Å². The van der Waals surface area contributed by atoms with Crippen molar-refractivity contribution < 1.29 is 24.5 Å². The number of rotatable bonds is 4. The van der Waals surface area contributed by atoms with Gasteiger partial charge in [-0.15, -0.1) is 0 Å². The van der Waals surface area contributed by atoms with Crippen LogP contribution in [-0.4, -0.2) is 33.6 Å². The lowest BCUT2D eigenvalue weighted by atomic mass is 9.84. The first-order valence-corrected chi connectivity index (χ1v) is 9.17. The van der Waals surface area contributed by atoms with E-state index in [2.05, 4.69) is 5.32 Å². The summed E-state index contributed by atoms with van der Waals surface area (Å²) >= 11 is 0. The highest BCUT2D eigenvalue weighted by atomic mass is 16.5. The number of carbonyl (C=O) groups excluding carboxylic acids is 2. The van der Waals surface area contributed by atoms with E-state index in [1.165, 1.54) is 6.92 Å². The highest BCUT2D eigenvalue weighted by molar-refractivity contribution is 5.96. The number of aliphatic hydroxyl groups is 2. The second-order valence-corrected chi connectivity index (χ2v) is 7.73. The van der Waals surface area contributed by atoms with Crippen LogP contribution >= 0.6 is 0 Å². The van der Waals surface area contributed by atoms with E-state index in [9.17, 15) is 19.8 Å². The molecule has 0 fully saturated rings. The van der Waals surface area contributed by atoms with Crippen LogP contribution in [0.3, 0.4) is 0 Å². The monoisotopic (exact) mass is 383 g/mol. The average molecular weight is 383 g/mol. The van der Waals surface area contributed by atoms with Crippen molar-refractivity contribution in [2.75, 3.05) is 0 Å². The van der Waals surface area contributed by atoms with E-state index in [1.807, 2.05) is 6.92 Å². The van der Waals surface area contributed by atoms with E-state index in [4.69, 9.17) is 4.74 Å². The highest BCUT2D eigenvalue weighted by Crippen LogP contribution is 2.42. The molecule has 0 aromatic heterocycles. The summed E-state index contributed by atoms with van der Waals surface area (Å²) in [6.07, 6.45) is -1.02. The summed E-state index contributed by atoms with van der Waals surface area (Å²) in [5, 5.41) is 23.1. The maximum atomic E-state index is 12.8. The standard InChI is InChI=1S/C22H25NO5/c1-12-8-16(13(2)25)10-17-18(20(26)22(3,4)28-19(12)17)23-21(27)15-7-5-6-14(9-15)11-24/h5-10,18,20,24,26H,11H2,1-4H3,(H,23,27)/t18-,20+/m0/s1. The van der Waals surface area contributed by atoms with Crippen molar-refractivity contribution in [2.24, 2.45) is 0 Å². The fourth-order valence-electron chi connectivity index (χ4n) is 3.46. The molecule has 3 rings (SSSR count). The zero-order chi connectivity index (χ0) is 20.6. The van der Waals surface area contributed by atoms with Gasteiger partial charge in [0.15, 0.2) is 5.78 Å². The van der Waals surface area contributed by atoms with E-state index >= 15 is 0 Å². The van der Waals surface area contributed by atoms with Crippen LogP contribution in [-0.2, 0) is 6.61 Å². The molecule has 1 aliphatic rings. The molecule has 6 nitrogen and oxygen atoms in total. The summed E-state index contributed by atoms with van der Waals surface area (Å²) in [4.78, 5) is 24.7. The topological polar surface area (TPSA) is 95.9 Å². The van der Waals surface area contributed by atoms with Crippen molar-refractivity contribution in [3.63, 3.8) is 0 Å². The van der Waals surface area contributed by atoms with Gasteiger partial charge in [0.05, 0.1) is 12.6 Å². The summed E-state index contributed by atoms with van der Waals surface area (Å²) in [5.41, 5.74) is 1.90. The first kappa shape index (κ1) is 20.0. The van der Waals surface area contributed by atoms with Crippen molar-refractivity contribution >= 4 is 11.7 Å². The number of amides is 1. The van der Waals surface area contributed by atoms with Gasteiger partial charge in [0.2, 0.25) is 0 Å². The third kappa shape index (κ3) is 3.66. The average Bonchev–Trinajstić information content (AvgIpc) is 2.65. The molecule has 2 aromatic carbocycles. The quantitative estimate of drug-likeness (QED) is 0.706. The number of aliphatic hydroxyl groups excluding tert-OH is 2. The predicted octanol–water partition coefficient (Wildman–Crippen LogP) is 2.69. The van der Waals surface area contributed by atoms with Gasteiger partial charge in [-0.25, -0.2) is 0 Å². The van der Waals surface area contributed by atoms with E-state index < -0.39 is 17.7 Å². The minimum atomic E-state index is -1.02. The van der Waals surface area contributed by atoms with Gasteiger partial charge < -0.3 is 20.3 Å². The van der Waals surface area contributed by atoms with Crippen LogP contribution in [0.25, 0.3) is 0 Å². The van der Waals surface area contributed by atoms with Crippen LogP contribution in [0.15, 0.2) is 36.4 Å². The minimum Gasteiger partial charge on any atom is -0.484 e. The molecular weight excluding hydrogens is 358 g/mol. The van der Waals surface area contributed by atoms with E-state index in [0.717, 1.165) is 5.56 Å². The van der Waals surface area contributed by atoms with Gasteiger partial charge >= 0.3 is 0 Å². The van der Waals surface area contributed by atoms with Crippen LogP contribution in [0.5, 0.6) is 5.75 Å². The molecule has 2 atom stereocenters. The zero-order valence-corrected chi connectivity index (χ0v) is 16.4. The molecule has 1 heterocycles. The Kier molecular flexibility index (Phi) is 5.28. The molecule has 0 bridgehead atoms. The Morgan fingerprint density at radius 2 is 1.89 bits per heavy atom. The zero-order valence-electron chi connectivity index (χ0n) is 16.4. The van der Waals surface area contributed by atoms with Crippen LogP contribution in [0, 0.1) is 6.92 Å². The second kappa shape index (κ2) is 7.37. The van der Waals surface area contributed by atoms with Gasteiger partial charge in [-0.05, 0) is 63.1 Å². The molecular formula is C22H25NO5. The van der Waals surface area contributed by atoms with Gasteiger partial charge in [0, 0.05) is 16.7 Å². The molecule has 0 unspecified atom stereocenters. The Morgan fingerprint density at radius 3 is 2.54 bits per heavy atom. The van der Waals surface area contributed by atoms with Crippen molar-refractivity contribution in [3.05, 3.63) is 64.2 Å². The normalized spacial score (nSPS) is 20.1. The molecule has 1 amide bonds. The van der Waals surface area contributed by atoms with Crippen LogP contribution < -0.4 is 10.1 Å². The lowest BCUT2D eigenvalue weighted by Gasteiger charge is -2.43. The first-order valence-electron chi connectivity index (χ1n) is 9.17. The van der Waals surface area contributed by atoms with Crippen LogP contribution in [0.2, 0.25) is 0 Å².